The van der Waals surface area contributed by atoms with Crippen LogP contribution in [0.4, 0.5) is 0 Å². The Kier molecular flexibility index (Phi) is 2.49. The van der Waals surface area contributed by atoms with E-state index in [9.17, 15) is 4.79 Å². The van der Waals surface area contributed by atoms with Crippen LogP contribution in [0.15, 0.2) is 12.7 Å². The minimum absolute atomic E-state index is 0.200. The molecule has 6 saturated carbocycles. The molecule has 6 aliphatic rings. The Labute approximate surface area is 139 Å². The number of carbonyl (C=O) groups excluding carboxylic acids is 1. The van der Waals surface area contributed by atoms with Crippen LogP contribution < -0.4 is 0 Å². The first-order valence-electron chi connectivity index (χ1n) is 10.0. The third-order valence-electron chi connectivity index (χ3n) is 9.49. The molecule has 0 spiro atoms. The number of fused-ring (bicyclic) bond motifs is 16. The fourth-order valence-electron chi connectivity index (χ4n) is 9.44. The van der Waals surface area contributed by atoms with Crippen molar-refractivity contribution < 1.29 is 9.53 Å². The standard InChI is InChI=1S/C21H28O2/c1-3-17(22)23-16-7-11-6-13(16)21-15-8-14(19(11)21)18-10-4-9(2)12(5-10)20(15)18/h3,9-16,18-21H,1,4-8H2,2H3. The van der Waals surface area contributed by atoms with Crippen molar-refractivity contribution in [1.82, 2.24) is 0 Å². The summed E-state index contributed by atoms with van der Waals surface area (Å²) in [5.41, 5.74) is 0. The van der Waals surface area contributed by atoms with Gasteiger partial charge in [-0.3, -0.25) is 0 Å². The van der Waals surface area contributed by atoms with Crippen molar-refractivity contribution in [2.75, 3.05) is 0 Å². The van der Waals surface area contributed by atoms with Crippen molar-refractivity contribution in [2.45, 2.75) is 45.1 Å². The zero-order valence-corrected chi connectivity index (χ0v) is 14.1. The summed E-state index contributed by atoms with van der Waals surface area (Å²) in [6.07, 6.45) is 8.66. The molecule has 12 unspecified atom stereocenters. The fraction of sp³-hybridized carbons (Fsp3) is 0.857. The van der Waals surface area contributed by atoms with E-state index in [1.165, 1.54) is 25.3 Å². The lowest BCUT2D eigenvalue weighted by Crippen LogP contribution is -2.45. The highest BCUT2D eigenvalue weighted by atomic mass is 16.5. The molecule has 0 N–H and O–H groups in total. The van der Waals surface area contributed by atoms with Crippen LogP contribution in [0.5, 0.6) is 0 Å². The predicted octanol–water partition coefficient (Wildman–Crippen LogP) is 3.91. The predicted molar refractivity (Wildman–Crippen MR) is 87.2 cm³/mol. The molecule has 6 aliphatic carbocycles. The molecule has 6 rings (SSSR count). The van der Waals surface area contributed by atoms with Crippen LogP contribution in [0.2, 0.25) is 0 Å². The molecule has 0 aromatic carbocycles. The SMILES string of the molecule is C=CC(=O)OC1CC2CC1C1C3CC(C4C5CC(C)C(C5)C34)C21. The molecule has 2 nitrogen and oxygen atoms in total. The lowest BCUT2D eigenvalue weighted by Gasteiger charge is -2.47. The van der Waals surface area contributed by atoms with Gasteiger partial charge in [0.05, 0.1) is 0 Å². The highest BCUT2D eigenvalue weighted by Gasteiger charge is 2.72. The maximum Gasteiger partial charge on any atom is 0.330 e. The zero-order chi connectivity index (χ0) is 15.5. The van der Waals surface area contributed by atoms with Crippen LogP contribution in [0, 0.1) is 65.1 Å². The molecule has 6 fully saturated rings. The second kappa shape index (κ2) is 4.24. The third kappa shape index (κ3) is 1.46. The van der Waals surface area contributed by atoms with Gasteiger partial charge in [0.15, 0.2) is 0 Å². The van der Waals surface area contributed by atoms with Gasteiger partial charge >= 0.3 is 5.97 Å². The van der Waals surface area contributed by atoms with E-state index in [4.69, 9.17) is 4.74 Å². The number of carbonyl (C=O) groups is 1. The van der Waals surface area contributed by atoms with Gasteiger partial charge in [-0.25, -0.2) is 4.79 Å². The Bertz CT molecular complexity index is 582. The third-order valence-corrected chi connectivity index (χ3v) is 9.49. The summed E-state index contributed by atoms with van der Waals surface area (Å²) in [5, 5.41) is 0. The van der Waals surface area contributed by atoms with Crippen molar-refractivity contribution in [2.24, 2.45) is 65.1 Å². The van der Waals surface area contributed by atoms with E-state index in [-0.39, 0.29) is 12.1 Å². The Hall–Kier alpha value is -0.790. The molecule has 0 aliphatic heterocycles. The van der Waals surface area contributed by atoms with Crippen LogP contribution in [0.25, 0.3) is 0 Å². The van der Waals surface area contributed by atoms with Gasteiger partial charge in [0.2, 0.25) is 0 Å². The first-order valence-corrected chi connectivity index (χ1v) is 10.0. The number of rotatable bonds is 2. The first kappa shape index (κ1) is 13.5. The second-order valence-electron chi connectivity index (χ2n) is 9.82. The van der Waals surface area contributed by atoms with Gasteiger partial charge < -0.3 is 4.74 Å². The van der Waals surface area contributed by atoms with Crippen molar-refractivity contribution in [3.05, 3.63) is 12.7 Å². The van der Waals surface area contributed by atoms with Gasteiger partial charge in [-0.15, -0.1) is 0 Å². The number of hydrogen-bond donors (Lipinski definition) is 0. The van der Waals surface area contributed by atoms with Crippen LogP contribution in [-0.2, 0) is 9.53 Å². The highest BCUT2D eigenvalue weighted by Crippen LogP contribution is 2.77. The molecule has 2 heteroatoms. The number of hydrogen-bond acceptors (Lipinski definition) is 2. The molecule has 0 saturated heterocycles. The summed E-state index contributed by atoms with van der Waals surface area (Å²) in [5.74, 6) is 10.5. The van der Waals surface area contributed by atoms with E-state index < -0.39 is 0 Å². The summed E-state index contributed by atoms with van der Waals surface area (Å²) in [4.78, 5) is 11.7. The Morgan fingerprint density at radius 2 is 1.52 bits per heavy atom. The molecule has 6 bridgehead atoms. The van der Waals surface area contributed by atoms with Gasteiger partial charge in [-0.1, -0.05) is 13.5 Å². The van der Waals surface area contributed by atoms with E-state index >= 15 is 0 Å². The summed E-state index contributed by atoms with van der Waals surface area (Å²) in [6.45, 7) is 6.09. The maximum absolute atomic E-state index is 11.7. The van der Waals surface area contributed by atoms with Crippen molar-refractivity contribution in [3.8, 4) is 0 Å². The van der Waals surface area contributed by atoms with E-state index in [1.807, 2.05) is 0 Å². The van der Waals surface area contributed by atoms with Gasteiger partial charge in [-0.05, 0) is 97.2 Å². The average molecular weight is 312 g/mol. The normalized spacial score (nSPS) is 63.3. The lowest BCUT2D eigenvalue weighted by atomic mass is 9.58. The Morgan fingerprint density at radius 3 is 2.30 bits per heavy atom. The molecule has 12 atom stereocenters. The zero-order valence-electron chi connectivity index (χ0n) is 14.1. The van der Waals surface area contributed by atoms with Crippen molar-refractivity contribution >= 4 is 5.97 Å². The van der Waals surface area contributed by atoms with E-state index in [1.54, 1.807) is 6.42 Å². The topological polar surface area (TPSA) is 26.3 Å². The molecule has 0 radical (unpaired) electrons. The first-order chi connectivity index (χ1) is 11.2. The molecule has 0 amide bonds. The maximum atomic E-state index is 11.7. The lowest BCUT2D eigenvalue weighted by molar-refractivity contribution is -0.149. The van der Waals surface area contributed by atoms with Crippen LogP contribution in [0.3, 0.4) is 0 Å². The summed E-state index contributed by atoms with van der Waals surface area (Å²) in [7, 11) is 0. The summed E-state index contributed by atoms with van der Waals surface area (Å²) < 4.78 is 5.75. The molecule has 124 valence electrons. The number of ether oxygens (including phenoxy) is 1. The van der Waals surface area contributed by atoms with Gasteiger partial charge in [-0.2, -0.15) is 0 Å². The summed E-state index contributed by atoms with van der Waals surface area (Å²) >= 11 is 0. The Morgan fingerprint density at radius 1 is 0.870 bits per heavy atom. The second-order valence-corrected chi connectivity index (χ2v) is 9.82. The molecule has 0 aromatic rings. The molecule has 0 aromatic heterocycles. The highest BCUT2D eigenvalue weighted by molar-refractivity contribution is 5.81. The average Bonchev–Trinajstić information content (AvgIpc) is 3.30. The quantitative estimate of drug-likeness (QED) is 0.439. The molecule has 0 heterocycles. The van der Waals surface area contributed by atoms with Gasteiger partial charge in [0.1, 0.15) is 6.10 Å². The largest absolute Gasteiger partial charge is 0.459 e. The summed E-state index contributed by atoms with van der Waals surface area (Å²) in [6, 6.07) is 0. The van der Waals surface area contributed by atoms with Crippen LogP contribution in [-0.4, -0.2) is 12.1 Å². The Balaban J connectivity index is 1.30. The van der Waals surface area contributed by atoms with Gasteiger partial charge in [0, 0.05) is 6.08 Å². The van der Waals surface area contributed by atoms with Crippen molar-refractivity contribution in [1.29, 1.82) is 0 Å². The smallest absolute Gasteiger partial charge is 0.330 e. The van der Waals surface area contributed by atoms with E-state index in [2.05, 4.69) is 13.5 Å². The molecule has 23 heavy (non-hydrogen) atoms. The van der Waals surface area contributed by atoms with Gasteiger partial charge in [0.25, 0.3) is 0 Å². The van der Waals surface area contributed by atoms with Crippen LogP contribution in [0.1, 0.15) is 39.0 Å². The minimum Gasteiger partial charge on any atom is -0.459 e. The fourth-order valence-corrected chi connectivity index (χ4v) is 9.44. The van der Waals surface area contributed by atoms with Crippen molar-refractivity contribution in [3.63, 3.8) is 0 Å². The minimum atomic E-state index is -0.200. The van der Waals surface area contributed by atoms with Crippen LogP contribution >= 0.6 is 0 Å². The monoisotopic (exact) mass is 312 g/mol. The molecular weight excluding hydrogens is 284 g/mol. The van der Waals surface area contributed by atoms with E-state index in [0.717, 1.165) is 65.6 Å². The number of esters is 1. The van der Waals surface area contributed by atoms with E-state index in [0.29, 0.717) is 5.92 Å². The molecular formula is C21H28O2.